The molecule has 4 saturated carbocycles. The van der Waals surface area contributed by atoms with Crippen LogP contribution in [-0.2, 0) is 14.9 Å². The van der Waals surface area contributed by atoms with Crippen molar-refractivity contribution in [3.8, 4) is 0 Å². The van der Waals surface area contributed by atoms with E-state index >= 15 is 0 Å². The van der Waals surface area contributed by atoms with Crippen LogP contribution in [-0.4, -0.2) is 64.3 Å². The third kappa shape index (κ3) is 4.80. The highest BCUT2D eigenvalue weighted by Crippen LogP contribution is 2.69. The number of aliphatic hydroxyl groups is 3. The Balaban J connectivity index is 1.44. The van der Waals surface area contributed by atoms with E-state index in [2.05, 4.69) is 26.1 Å². The van der Waals surface area contributed by atoms with Crippen LogP contribution in [0.25, 0.3) is 0 Å². The largest absolute Gasteiger partial charge is 0.748 e. The van der Waals surface area contributed by atoms with Gasteiger partial charge in [-0.15, -0.1) is 0 Å². The Labute approximate surface area is 210 Å². The number of nitrogens with one attached hydrogen (secondary N) is 1. The lowest BCUT2D eigenvalue weighted by atomic mass is 9.42. The highest BCUT2D eigenvalue weighted by Gasteiger charge is 2.69. The molecule has 4 N–H and O–H groups in total. The van der Waals surface area contributed by atoms with Crippen molar-refractivity contribution in [1.29, 1.82) is 0 Å². The van der Waals surface area contributed by atoms with Crippen LogP contribution in [0.1, 0.15) is 85.0 Å². The zero-order valence-electron chi connectivity index (χ0n) is 21.4. The summed E-state index contributed by atoms with van der Waals surface area (Å²) in [5.74, 6) is -0.107. The molecule has 0 spiro atoms. The summed E-state index contributed by atoms with van der Waals surface area (Å²) in [4.78, 5) is 12.2. The van der Waals surface area contributed by atoms with E-state index in [0.717, 1.165) is 44.9 Å². The Morgan fingerprint density at radius 3 is 2.49 bits per heavy atom. The van der Waals surface area contributed by atoms with Crippen LogP contribution in [0.2, 0.25) is 0 Å². The van der Waals surface area contributed by atoms with Crippen molar-refractivity contribution in [2.24, 2.45) is 40.4 Å². The molecule has 4 aliphatic rings. The Kier molecular flexibility index (Phi) is 7.43. The molecule has 4 rings (SSSR count). The van der Waals surface area contributed by atoms with E-state index in [4.69, 9.17) is 0 Å². The van der Waals surface area contributed by atoms with Gasteiger partial charge < -0.3 is 25.2 Å². The van der Waals surface area contributed by atoms with Crippen molar-refractivity contribution in [3.63, 3.8) is 0 Å². The second-order valence-corrected chi connectivity index (χ2v) is 14.2. The summed E-state index contributed by atoms with van der Waals surface area (Å²) in [6.07, 6.45) is 6.52. The lowest BCUT2D eigenvalue weighted by Gasteiger charge is -2.65. The normalized spacial score (nSPS) is 46.3. The Hall–Kier alpha value is -0.740. The molecule has 0 aromatic heterocycles. The molecule has 4 fully saturated rings. The summed E-state index contributed by atoms with van der Waals surface area (Å²) < 4.78 is 32.2. The first-order chi connectivity index (χ1) is 16.2. The molecule has 0 unspecified atom stereocenters. The maximum atomic E-state index is 12.3. The van der Waals surface area contributed by atoms with Crippen LogP contribution in [0, 0.1) is 40.4 Å². The number of fused-ring (bicyclic) bond motifs is 5. The fourth-order valence-electron chi connectivity index (χ4n) is 9.18. The van der Waals surface area contributed by atoms with Crippen molar-refractivity contribution in [2.45, 2.75) is 103 Å². The molecule has 0 aromatic rings. The standard InChI is InChI=1S/C26H45NO7S/c1-16(4-7-23(30)27-12-13-35(32,33)34)19-5-6-20-25(19,3)22(29)15-21-24(2)10-9-18(28)14-17(24)8-11-26(20,21)31/h16-22,28-29,31H,4-15H2,1-3H3,(H,27,30)(H,32,33,34)/p-1/t16-,17-,18+,19-,20+,21-,22-,24-,25+,26-/m0/s1. The highest BCUT2D eigenvalue weighted by molar-refractivity contribution is 7.85. The van der Waals surface area contributed by atoms with Gasteiger partial charge in [0.2, 0.25) is 5.91 Å². The molecule has 10 atom stereocenters. The Morgan fingerprint density at radius 2 is 1.80 bits per heavy atom. The summed E-state index contributed by atoms with van der Waals surface area (Å²) in [6.45, 7) is 6.35. The zero-order chi connectivity index (χ0) is 25.8. The molecule has 202 valence electrons. The van der Waals surface area contributed by atoms with Crippen LogP contribution in [0.3, 0.4) is 0 Å². The third-order valence-electron chi connectivity index (χ3n) is 11.1. The van der Waals surface area contributed by atoms with Crippen molar-refractivity contribution in [1.82, 2.24) is 5.32 Å². The minimum atomic E-state index is -4.35. The second-order valence-electron chi connectivity index (χ2n) is 12.7. The van der Waals surface area contributed by atoms with Gasteiger partial charge in [0.15, 0.2) is 0 Å². The molecule has 0 heterocycles. The Morgan fingerprint density at radius 1 is 1.09 bits per heavy atom. The van der Waals surface area contributed by atoms with E-state index in [-0.39, 0.29) is 54.1 Å². The number of aliphatic hydroxyl groups excluding tert-OH is 2. The van der Waals surface area contributed by atoms with E-state index in [1.807, 2.05) is 0 Å². The molecule has 0 aromatic carbocycles. The van der Waals surface area contributed by atoms with E-state index in [9.17, 15) is 33.1 Å². The van der Waals surface area contributed by atoms with E-state index in [1.165, 1.54) is 0 Å². The minimum Gasteiger partial charge on any atom is -0.748 e. The number of carbonyl (C=O) groups excluding carboxylic acids is 1. The van der Waals surface area contributed by atoms with E-state index < -0.39 is 33.0 Å². The average molecular weight is 515 g/mol. The highest BCUT2D eigenvalue weighted by atomic mass is 32.2. The zero-order valence-corrected chi connectivity index (χ0v) is 22.2. The van der Waals surface area contributed by atoms with Crippen molar-refractivity contribution < 1.29 is 33.1 Å². The quantitative estimate of drug-likeness (QED) is 0.381. The molecule has 0 aliphatic heterocycles. The maximum Gasteiger partial charge on any atom is 0.220 e. The number of hydrogen-bond donors (Lipinski definition) is 4. The van der Waals surface area contributed by atoms with Crippen LogP contribution in [0.15, 0.2) is 0 Å². The molecule has 1 amide bonds. The maximum absolute atomic E-state index is 12.3. The molecular weight excluding hydrogens is 470 g/mol. The molecule has 9 heteroatoms. The second kappa shape index (κ2) is 9.53. The first-order valence-corrected chi connectivity index (χ1v) is 15.1. The van der Waals surface area contributed by atoms with Crippen LogP contribution in [0.4, 0.5) is 0 Å². The summed E-state index contributed by atoms with van der Waals surface area (Å²) in [6, 6.07) is 0. The summed E-state index contributed by atoms with van der Waals surface area (Å²) in [5, 5.41) is 36.7. The van der Waals surface area contributed by atoms with Gasteiger partial charge in [-0.25, -0.2) is 8.42 Å². The monoisotopic (exact) mass is 514 g/mol. The molecule has 8 nitrogen and oxygen atoms in total. The van der Waals surface area contributed by atoms with Crippen molar-refractivity contribution in [2.75, 3.05) is 12.3 Å². The minimum absolute atomic E-state index is 0.0110. The number of hydrogen-bond acceptors (Lipinski definition) is 7. The van der Waals surface area contributed by atoms with Crippen LogP contribution < -0.4 is 5.32 Å². The molecule has 0 bridgehead atoms. The van der Waals surface area contributed by atoms with Gasteiger partial charge >= 0.3 is 0 Å². The molecule has 35 heavy (non-hydrogen) atoms. The third-order valence-corrected chi connectivity index (χ3v) is 11.8. The van der Waals surface area contributed by atoms with Gasteiger partial charge in [0.25, 0.3) is 0 Å². The predicted octanol–water partition coefficient (Wildman–Crippen LogP) is 2.17. The smallest absolute Gasteiger partial charge is 0.220 e. The predicted molar refractivity (Wildman–Crippen MR) is 130 cm³/mol. The van der Waals surface area contributed by atoms with Gasteiger partial charge in [-0.1, -0.05) is 20.8 Å². The SMILES string of the molecule is C[C@@H](CCC(=O)NCCS(=O)(=O)[O-])[C@@H]1CC[C@H]2[C@@]3(O)CC[C@H]4C[C@H](O)CC[C@]4(C)[C@@H]3C[C@H](O)[C@]12C. The average Bonchev–Trinajstić information content (AvgIpc) is 3.14. The molecular formula is C26H44NO7S-. The Bertz CT molecular complexity index is 911. The summed E-state index contributed by atoms with van der Waals surface area (Å²) in [7, 11) is -4.35. The molecule has 0 radical (unpaired) electrons. The first kappa shape index (κ1) is 27.3. The van der Waals surface area contributed by atoms with Gasteiger partial charge in [0.05, 0.1) is 33.7 Å². The van der Waals surface area contributed by atoms with Crippen LogP contribution >= 0.6 is 0 Å². The van der Waals surface area contributed by atoms with Gasteiger partial charge in [-0.05, 0) is 92.8 Å². The van der Waals surface area contributed by atoms with Crippen LogP contribution in [0.5, 0.6) is 0 Å². The van der Waals surface area contributed by atoms with Crippen molar-refractivity contribution in [3.05, 3.63) is 0 Å². The van der Waals surface area contributed by atoms with Crippen molar-refractivity contribution >= 4 is 16.0 Å². The van der Waals surface area contributed by atoms with Gasteiger partial charge in [-0.2, -0.15) is 0 Å². The fraction of sp³-hybridized carbons (Fsp3) is 0.962. The molecule has 4 aliphatic carbocycles. The van der Waals surface area contributed by atoms with Gasteiger partial charge in [0.1, 0.15) is 0 Å². The first-order valence-electron chi connectivity index (χ1n) is 13.5. The summed E-state index contributed by atoms with van der Waals surface area (Å²) in [5.41, 5.74) is -1.29. The van der Waals surface area contributed by atoms with E-state index in [0.29, 0.717) is 18.8 Å². The number of rotatable bonds is 7. The number of amides is 1. The fourth-order valence-corrected chi connectivity index (χ4v) is 9.53. The molecule has 0 saturated heterocycles. The lowest BCUT2D eigenvalue weighted by Crippen LogP contribution is -2.67. The lowest BCUT2D eigenvalue weighted by molar-refractivity contribution is -0.254. The summed E-state index contributed by atoms with van der Waals surface area (Å²) >= 11 is 0. The topological polar surface area (TPSA) is 147 Å². The van der Waals surface area contributed by atoms with Gasteiger partial charge in [0, 0.05) is 18.4 Å². The van der Waals surface area contributed by atoms with Gasteiger partial charge in [-0.3, -0.25) is 4.79 Å². The van der Waals surface area contributed by atoms with E-state index in [1.54, 1.807) is 0 Å². The number of carbonyl (C=O) groups is 1.